The SMILES string of the molecule is C=P(C)(C)CC[C@H]1O[C@@H](n2c(Br)nc3c(=O)[nH]c(C)nc32)[C@H](O)[C@@H]1O.C=P(C)(C)CC[C@H]1O[C@@H](n2c(CCCC)nc3c(=O)[nH]c(C)nc32)[C@H](O)[C@@H]1O.C=P(C)(C)CC[C@H]1O[C@@H](n2c(Cl)nc3c(=O)[nH]c(C)nc32)[C@H](O)[C@@H]1O.C=P(C)(C)CC[C@H]1O[C@@H](n2c(F)nc3c(=O)[nH]c(C)nc32)[C@H](O)[C@@H]1O.C=P(C)(C)CC[C@H]1O[C@@H](n2c(I)nc3c(=O)[nH]c(N)nc32)[C@H](O)[C@@H]1O. The minimum absolute atomic E-state index is 0.0272. The molecule has 50 heteroatoms. The number of imidazole rings is 5. The second kappa shape index (κ2) is 40.6. The first-order valence-electron chi connectivity index (χ1n) is 41.2. The number of hydrogen-bond donors (Lipinski definition) is 16. The summed E-state index contributed by atoms with van der Waals surface area (Å²) >= 11 is 11.4. The van der Waals surface area contributed by atoms with Crippen LogP contribution in [-0.4, -0.2) is 369 Å². The van der Waals surface area contributed by atoms with Crippen LogP contribution in [-0.2, 0) is 30.1 Å². The smallest absolute Gasteiger partial charge is 0.293 e. The monoisotopic (exact) mass is 2080 g/mol. The third-order valence-corrected chi connectivity index (χ3v) is 30.9. The summed E-state index contributed by atoms with van der Waals surface area (Å²) in [4.78, 5) is 115. The van der Waals surface area contributed by atoms with Gasteiger partial charge in [-0.15, -0.1) is 65.9 Å². The first-order valence-corrected chi connectivity index (χ1v) is 58.8. The van der Waals surface area contributed by atoms with E-state index in [0.717, 1.165) is 48.2 Å². The molecule has 17 N–H and O–H groups in total. The molecule has 128 heavy (non-hydrogen) atoms. The average Bonchev–Trinajstić information content (AvgIpc) is 1.59. The summed E-state index contributed by atoms with van der Waals surface area (Å²) in [7, 11) is 0. The number of aromatic amines is 5. The molecule has 708 valence electrons. The van der Waals surface area contributed by atoms with E-state index in [0.29, 0.717) is 81.7 Å². The van der Waals surface area contributed by atoms with Gasteiger partial charge in [0.1, 0.15) is 90.2 Å². The zero-order valence-corrected chi connectivity index (χ0v) is 82.8. The molecule has 0 spiro atoms. The van der Waals surface area contributed by atoms with Gasteiger partial charge in [-0.2, -0.15) is 14.4 Å². The van der Waals surface area contributed by atoms with Crippen LogP contribution in [0.4, 0.5) is 10.3 Å². The van der Waals surface area contributed by atoms with Crippen molar-refractivity contribution in [2.75, 3.05) is 103 Å². The van der Waals surface area contributed by atoms with Crippen LogP contribution in [0.15, 0.2) is 28.7 Å². The molecule has 10 aromatic heterocycles. The maximum atomic E-state index is 14.4. The predicted molar refractivity (Wildman–Crippen MR) is 515 cm³/mol. The van der Waals surface area contributed by atoms with Crippen molar-refractivity contribution in [3.05, 3.63) is 101 Å². The van der Waals surface area contributed by atoms with Crippen LogP contribution >= 0.6 is 84.6 Å². The van der Waals surface area contributed by atoms with Crippen molar-refractivity contribution in [3.8, 4) is 0 Å². The fourth-order valence-corrected chi connectivity index (χ4v) is 21.6. The van der Waals surface area contributed by atoms with Gasteiger partial charge in [-0.25, -0.2) is 39.9 Å². The first kappa shape index (κ1) is 102. The molecule has 0 amide bonds. The van der Waals surface area contributed by atoms with Crippen LogP contribution in [0.2, 0.25) is 5.28 Å². The standard InChI is InChI=1S/C19H31N4O4P.C15H22BrN4O4P.C15H22ClN4O4P.C15H22FN4O4P.C14H21IN5O4P/c1-6-7-8-13-22-14-17(20-11(2)21-18(14)26)23(13)19-16(25)15(24)12(27-19)9-10-28(3,4)5;3*1-7-17-12-9(13(23)18-7)19-15(16)20(12)14-11(22)10(21)8(24-14)5-6-25(2,3)4;1-25(2,3)5-4-6-8(21)9(22)12(24-6)20-10-7(17-13(20)15)11(23)19-14(16)18-10/h12,15-16,19,24-25H,3,6-10H2,1-2,4-5H3,(H,20,21,26);3*8,10-11,14,21-22H,2,5-6H2,1,3-4H3,(H,17,18,23);6,8-9,12,21-22H,1,4-5H2,2-3H3,(H3,16,18,19,23)/t12-,15-,16-,19-;3*8-,10-,11-,14-;6-,8-,9-,12-/m11111/s1. The van der Waals surface area contributed by atoms with Crippen molar-refractivity contribution < 1.29 is 79.1 Å². The van der Waals surface area contributed by atoms with Gasteiger partial charge in [0.05, 0.1) is 30.5 Å². The van der Waals surface area contributed by atoms with Gasteiger partial charge in [0.15, 0.2) is 95.5 Å². The minimum Gasteiger partial charge on any atom is -0.388 e. The average molecular weight is 2090 g/mol. The maximum Gasteiger partial charge on any atom is 0.293 e. The molecule has 20 atom stereocenters. The highest BCUT2D eigenvalue weighted by atomic mass is 127. The van der Waals surface area contributed by atoms with Crippen molar-refractivity contribution in [2.24, 2.45) is 0 Å². The number of aryl methyl sites for hydroxylation is 5. The zero-order valence-electron chi connectivity index (χ0n) is 73.9. The summed E-state index contributed by atoms with van der Waals surface area (Å²) in [5, 5.41) is 104. The number of hydrogen-bond acceptors (Lipinski definition) is 31. The first-order chi connectivity index (χ1) is 59.4. The molecule has 41 nitrogen and oxygen atoms in total. The van der Waals surface area contributed by atoms with E-state index in [9.17, 15) is 79.4 Å². The Balaban J connectivity index is 0.000000155. The van der Waals surface area contributed by atoms with Gasteiger partial charge in [-0.05, 0) is 191 Å². The van der Waals surface area contributed by atoms with E-state index in [1.54, 1.807) is 32.3 Å². The fourth-order valence-electron chi connectivity index (χ4n) is 15.3. The van der Waals surface area contributed by atoms with Crippen molar-refractivity contribution in [2.45, 2.75) is 209 Å². The Morgan fingerprint density at radius 2 is 0.672 bits per heavy atom. The summed E-state index contributed by atoms with van der Waals surface area (Å²) < 4.78 is 51.6. The van der Waals surface area contributed by atoms with Crippen LogP contribution in [0, 0.1) is 37.6 Å². The Kier molecular flexibility index (Phi) is 32.5. The van der Waals surface area contributed by atoms with E-state index in [1.165, 1.54) is 13.7 Å². The molecule has 0 saturated carbocycles. The molecular formula is C78H118BrClFIN21O20P5. The third-order valence-electron chi connectivity index (χ3n) is 22.0. The van der Waals surface area contributed by atoms with Gasteiger partial charge >= 0.3 is 0 Å². The van der Waals surface area contributed by atoms with E-state index >= 15 is 0 Å². The van der Waals surface area contributed by atoms with Gasteiger partial charge in [-0.1, -0.05) is 13.3 Å². The topological polar surface area (TPSA) is 592 Å². The summed E-state index contributed by atoms with van der Waals surface area (Å²) in [6.07, 6.45) is 10.5. The molecule has 10 aromatic rings. The normalized spacial score (nSPS) is 26.9. The number of aromatic nitrogens is 20. The van der Waals surface area contributed by atoms with Crippen LogP contribution < -0.4 is 33.5 Å². The van der Waals surface area contributed by atoms with Crippen LogP contribution in [0.25, 0.3) is 55.8 Å². The van der Waals surface area contributed by atoms with Gasteiger partial charge in [0, 0.05) is 29.0 Å². The summed E-state index contributed by atoms with van der Waals surface area (Å²) in [5.74, 6) is 2.16. The number of nitrogens with one attached hydrogen (secondary N) is 5. The molecule has 0 radical (unpaired) electrons. The molecule has 0 unspecified atom stereocenters. The van der Waals surface area contributed by atoms with E-state index in [2.05, 4.69) is 196 Å². The number of unbranched alkanes of at least 4 members (excludes halogenated alkanes) is 1. The maximum absolute atomic E-state index is 14.4. The Morgan fingerprint density at radius 1 is 0.398 bits per heavy atom. The lowest BCUT2D eigenvalue weighted by atomic mass is 10.1. The predicted octanol–water partition coefficient (Wildman–Crippen LogP) is 3.51. The van der Waals surface area contributed by atoms with Crippen molar-refractivity contribution in [1.29, 1.82) is 0 Å². The van der Waals surface area contributed by atoms with Gasteiger partial charge in [0.25, 0.3) is 33.9 Å². The largest absolute Gasteiger partial charge is 0.388 e. The van der Waals surface area contributed by atoms with E-state index in [1.807, 2.05) is 22.6 Å². The van der Waals surface area contributed by atoms with Crippen LogP contribution in [0.1, 0.15) is 112 Å². The van der Waals surface area contributed by atoms with Gasteiger partial charge in [0.2, 0.25) is 11.2 Å². The third kappa shape index (κ3) is 23.6. The highest BCUT2D eigenvalue weighted by Gasteiger charge is 2.51. The van der Waals surface area contributed by atoms with E-state index in [-0.39, 0.29) is 72.7 Å². The number of fused-ring (bicyclic) bond motifs is 5. The molecule has 0 aromatic carbocycles. The van der Waals surface area contributed by atoms with Crippen molar-refractivity contribution >= 4 is 178 Å². The quantitative estimate of drug-likeness (QED) is 0.0247. The lowest BCUT2D eigenvalue weighted by Gasteiger charge is -2.20. The number of nitrogens with two attached hydrogens (primary N) is 1. The molecular weight excluding hydrogens is 1970 g/mol. The Bertz CT molecular complexity index is 5720. The number of nitrogens with zero attached hydrogens (tertiary/aromatic N) is 15. The lowest BCUT2D eigenvalue weighted by molar-refractivity contribution is -0.0413. The molecule has 5 saturated heterocycles. The zero-order chi connectivity index (χ0) is 94.7. The molecule has 5 fully saturated rings. The lowest BCUT2D eigenvalue weighted by Crippen LogP contribution is -2.32. The van der Waals surface area contributed by atoms with Crippen molar-refractivity contribution in [1.82, 2.24) is 97.6 Å². The number of halogens is 4. The molecule has 5 aliphatic heterocycles. The van der Waals surface area contributed by atoms with Crippen LogP contribution in [0.3, 0.4) is 0 Å². The van der Waals surface area contributed by atoms with Gasteiger partial charge in [-0.3, -0.25) is 51.8 Å². The highest BCUT2D eigenvalue weighted by Crippen LogP contribution is 2.47. The molecule has 15 heterocycles. The Morgan fingerprint density at radius 3 is 1.03 bits per heavy atom. The highest BCUT2D eigenvalue weighted by molar-refractivity contribution is 14.1. The molecule has 0 aliphatic carbocycles. The molecule has 15 rings (SSSR count). The number of ether oxygens (including phenoxy) is 5. The number of H-pyrrole nitrogens is 5. The Hall–Kier alpha value is -6.12. The second-order valence-electron chi connectivity index (χ2n) is 36.4. The number of anilines is 1. The molecule has 5 aliphatic rings. The molecule has 0 bridgehead atoms. The number of aliphatic hydroxyl groups is 10. The van der Waals surface area contributed by atoms with Crippen molar-refractivity contribution in [3.63, 3.8) is 0 Å². The fraction of sp³-hybridized carbons (Fsp3) is 0.615. The summed E-state index contributed by atoms with van der Waals surface area (Å²) in [5.41, 5.74) is 4.94. The number of rotatable bonds is 23. The Labute approximate surface area is 762 Å². The summed E-state index contributed by atoms with van der Waals surface area (Å²) in [6.45, 7) is 23.2. The van der Waals surface area contributed by atoms with E-state index < -0.39 is 180 Å². The van der Waals surface area contributed by atoms with E-state index in [4.69, 9.17) is 41.0 Å². The minimum atomic E-state index is -1.36. The van der Waals surface area contributed by atoms with Crippen LogP contribution in [0.5, 0.6) is 0 Å². The van der Waals surface area contributed by atoms with Gasteiger partial charge < -0.3 is 100 Å². The number of aliphatic hydroxyl groups excluding tert-OH is 10. The summed E-state index contributed by atoms with van der Waals surface area (Å²) in [6, 6.07) is 0. The number of nitrogen functional groups attached to an aromatic ring is 1. The second-order valence-corrected chi connectivity index (χ2v) is 60.0.